The Kier molecular flexibility index (Phi) is 5.99. The number of non-ortho nitro benzene ring substituents is 1. The van der Waals surface area contributed by atoms with Crippen molar-refractivity contribution in [1.29, 1.82) is 0 Å². The molecule has 0 aromatic heterocycles. The van der Waals surface area contributed by atoms with Crippen LogP contribution in [0.25, 0.3) is 0 Å². The maximum atomic E-state index is 12.4. The largest absolute Gasteiger partial charge is 0.323 e. The predicted octanol–water partition coefficient (Wildman–Crippen LogP) is 1.15. The molecule has 1 heterocycles. The van der Waals surface area contributed by atoms with Crippen LogP contribution in [-0.2, 0) is 14.8 Å². The Hall–Kier alpha value is -1.75. The van der Waals surface area contributed by atoms with Crippen LogP contribution in [0.5, 0.6) is 0 Å². The summed E-state index contributed by atoms with van der Waals surface area (Å²) in [4.78, 5) is 24.4. The Balaban J connectivity index is 1.98. The fraction of sp³-hybridized carbons (Fsp3) is 0.500. The molecule has 2 rings (SSSR count). The molecular weight excluding hydrogens is 372 g/mol. The van der Waals surface area contributed by atoms with Gasteiger partial charge in [0.15, 0.2) is 0 Å². The number of halogens is 1. The topological polar surface area (TPSA) is 113 Å². The maximum absolute atomic E-state index is 12.4. The zero-order valence-corrected chi connectivity index (χ0v) is 15.4. The average Bonchev–Trinajstić information content (AvgIpc) is 2.55. The third kappa shape index (κ3) is 4.88. The maximum Gasteiger partial charge on any atom is 0.271 e. The van der Waals surface area contributed by atoms with E-state index in [0.29, 0.717) is 31.9 Å². The van der Waals surface area contributed by atoms with Crippen LogP contribution in [0.2, 0.25) is 5.02 Å². The van der Waals surface area contributed by atoms with E-state index < -0.39 is 21.0 Å². The van der Waals surface area contributed by atoms with Gasteiger partial charge in [0.25, 0.3) is 5.69 Å². The Labute approximate surface area is 150 Å². The molecule has 1 N–H and O–H groups in total. The lowest BCUT2D eigenvalue weighted by atomic mass is 10.2. The Morgan fingerprint density at radius 1 is 1.32 bits per heavy atom. The second-order valence-electron chi connectivity index (χ2n) is 5.78. The van der Waals surface area contributed by atoms with Crippen molar-refractivity contribution in [2.24, 2.45) is 0 Å². The number of rotatable bonds is 5. The minimum Gasteiger partial charge on any atom is -0.323 e. The number of hydrogen-bond acceptors (Lipinski definition) is 6. The molecule has 1 aromatic carbocycles. The lowest BCUT2D eigenvalue weighted by Gasteiger charge is -2.36. The van der Waals surface area contributed by atoms with Crippen LogP contribution in [0, 0.1) is 10.1 Å². The summed E-state index contributed by atoms with van der Waals surface area (Å²) in [5.41, 5.74) is 0.131. The van der Waals surface area contributed by atoms with Crippen LogP contribution in [0.1, 0.15) is 6.92 Å². The Bertz CT molecular complexity index is 777. The van der Waals surface area contributed by atoms with E-state index in [9.17, 15) is 23.3 Å². The van der Waals surface area contributed by atoms with Crippen molar-refractivity contribution in [2.75, 3.05) is 37.8 Å². The van der Waals surface area contributed by atoms with Crippen LogP contribution >= 0.6 is 11.6 Å². The SMILES string of the molecule is CC(C(=O)Nc1ccc([N+](=O)[O-])cc1Cl)N1CCN(S(C)(=O)=O)CC1. The molecule has 0 bridgehead atoms. The van der Waals surface area contributed by atoms with E-state index in [1.807, 2.05) is 4.90 Å². The lowest BCUT2D eigenvalue weighted by Crippen LogP contribution is -2.53. The number of amides is 1. The van der Waals surface area contributed by atoms with Crippen molar-refractivity contribution in [3.05, 3.63) is 33.3 Å². The van der Waals surface area contributed by atoms with Gasteiger partial charge in [0.05, 0.1) is 27.9 Å². The van der Waals surface area contributed by atoms with Crippen LogP contribution in [0.3, 0.4) is 0 Å². The van der Waals surface area contributed by atoms with Gasteiger partial charge in [-0.15, -0.1) is 0 Å². The van der Waals surface area contributed by atoms with Gasteiger partial charge in [-0.2, -0.15) is 4.31 Å². The zero-order chi connectivity index (χ0) is 18.8. The first-order chi connectivity index (χ1) is 11.6. The molecule has 25 heavy (non-hydrogen) atoms. The molecule has 1 saturated heterocycles. The molecule has 0 aliphatic carbocycles. The minimum atomic E-state index is -3.23. The normalized spacial score (nSPS) is 17.9. The molecule has 1 aromatic rings. The number of carbonyl (C=O) groups is 1. The van der Waals surface area contributed by atoms with Crippen molar-refractivity contribution in [2.45, 2.75) is 13.0 Å². The summed E-state index contributed by atoms with van der Waals surface area (Å²) in [5.74, 6) is -0.316. The summed E-state index contributed by atoms with van der Waals surface area (Å²) in [5, 5.41) is 13.4. The number of nitro benzene ring substituents is 1. The van der Waals surface area contributed by atoms with Gasteiger partial charge < -0.3 is 5.32 Å². The fourth-order valence-corrected chi connectivity index (χ4v) is 3.59. The van der Waals surface area contributed by atoms with Crippen molar-refractivity contribution in [3.8, 4) is 0 Å². The molecule has 0 saturated carbocycles. The highest BCUT2D eigenvalue weighted by atomic mass is 35.5. The van der Waals surface area contributed by atoms with E-state index in [2.05, 4.69) is 5.32 Å². The highest BCUT2D eigenvalue weighted by Crippen LogP contribution is 2.27. The first-order valence-corrected chi connectivity index (χ1v) is 9.76. The molecule has 1 unspecified atom stereocenters. The summed E-state index contributed by atoms with van der Waals surface area (Å²) in [6, 6.07) is 3.32. The smallest absolute Gasteiger partial charge is 0.271 e. The molecule has 1 amide bonds. The van der Waals surface area contributed by atoms with Crippen LogP contribution in [0.15, 0.2) is 18.2 Å². The Morgan fingerprint density at radius 2 is 1.92 bits per heavy atom. The van der Waals surface area contributed by atoms with Crippen molar-refractivity contribution < 1.29 is 18.1 Å². The first kappa shape index (κ1) is 19.6. The predicted molar refractivity (Wildman–Crippen MR) is 94.2 cm³/mol. The molecule has 1 aliphatic heterocycles. The number of carbonyl (C=O) groups excluding carboxylic acids is 1. The van der Waals surface area contributed by atoms with Crippen molar-refractivity contribution in [1.82, 2.24) is 9.21 Å². The summed E-state index contributed by atoms with van der Waals surface area (Å²) in [6.45, 7) is 3.25. The second kappa shape index (κ2) is 7.65. The van der Waals surface area contributed by atoms with Crippen molar-refractivity contribution >= 4 is 38.9 Å². The van der Waals surface area contributed by atoms with Gasteiger partial charge in [0.1, 0.15) is 0 Å². The number of anilines is 1. The standard InChI is InChI=1S/C14H19ClN4O5S/c1-10(17-5-7-18(8-6-17)25(2,23)24)14(20)16-13-4-3-11(19(21)22)9-12(13)15/h3-4,9-10H,5-8H2,1-2H3,(H,16,20). The molecule has 9 nitrogen and oxygen atoms in total. The summed E-state index contributed by atoms with van der Waals surface area (Å²) in [7, 11) is -3.23. The summed E-state index contributed by atoms with van der Waals surface area (Å²) in [6.07, 6.45) is 1.16. The number of benzene rings is 1. The van der Waals surface area contributed by atoms with Gasteiger partial charge in [-0.3, -0.25) is 19.8 Å². The minimum absolute atomic E-state index is 0.0802. The third-order valence-electron chi connectivity index (χ3n) is 4.09. The van der Waals surface area contributed by atoms with Gasteiger partial charge >= 0.3 is 0 Å². The number of nitrogens with zero attached hydrogens (tertiary/aromatic N) is 3. The van der Waals surface area contributed by atoms with E-state index in [1.165, 1.54) is 22.5 Å². The van der Waals surface area contributed by atoms with Crippen LogP contribution < -0.4 is 5.32 Å². The van der Waals surface area contributed by atoms with Gasteiger partial charge in [-0.05, 0) is 13.0 Å². The average molecular weight is 391 g/mol. The van der Waals surface area contributed by atoms with E-state index in [0.717, 1.165) is 6.26 Å². The van der Waals surface area contributed by atoms with Gasteiger partial charge in [-0.1, -0.05) is 11.6 Å². The van der Waals surface area contributed by atoms with Crippen molar-refractivity contribution in [3.63, 3.8) is 0 Å². The number of nitro groups is 1. The number of sulfonamides is 1. The van der Waals surface area contributed by atoms with Gasteiger partial charge in [0.2, 0.25) is 15.9 Å². The molecule has 1 fully saturated rings. The van der Waals surface area contributed by atoms with Crippen LogP contribution in [-0.4, -0.2) is 66.9 Å². The quantitative estimate of drug-likeness (QED) is 0.596. The molecular formula is C14H19ClN4O5S. The fourth-order valence-electron chi connectivity index (χ4n) is 2.54. The summed E-state index contributed by atoms with van der Waals surface area (Å²) < 4.78 is 24.4. The lowest BCUT2D eigenvalue weighted by molar-refractivity contribution is -0.384. The second-order valence-corrected chi connectivity index (χ2v) is 8.17. The first-order valence-electron chi connectivity index (χ1n) is 7.53. The summed E-state index contributed by atoms with van der Waals surface area (Å²) >= 11 is 5.97. The molecule has 1 atom stereocenters. The van der Waals surface area contributed by atoms with E-state index in [1.54, 1.807) is 6.92 Å². The molecule has 0 spiro atoms. The van der Waals surface area contributed by atoms with Crippen LogP contribution in [0.4, 0.5) is 11.4 Å². The highest BCUT2D eigenvalue weighted by Gasteiger charge is 2.29. The molecule has 138 valence electrons. The number of nitrogens with one attached hydrogen (secondary N) is 1. The van der Waals surface area contributed by atoms with Gasteiger partial charge in [0, 0.05) is 38.3 Å². The van der Waals surface area contributed by atoms with E-state index in [-0.39, 0.29) is 16.6 Å². The zero-order valence-electron chi connectivity index (χ0n) is 13.8. The number of hydrogen-bond donors (Lipinski definition) is 1. The molecule has 11 heteroatoms. The molecule has 0 radical (unpaired) electrons. The van der Waals surface area contributed by atoms with E-state index in [4.69, 9.17) is 11.6 Å². The van der Waals surface area contributed by atoms with E-state index >= 15 is 0 Å². The highest BCUT2D eigenvalue weighted by molar-refractivity contribution is 7.88. The molecule has 1 aliphatic rings. The third-order valence-corrected chi connectivity index (χ3v) is 5.71. The monoisotopic (exact) mass is 390 g/mol. The Morgan fingerprint density at radius 3 is 2.40 bits per heavy atom. The number of piperazine rings is 1. The van der Waals surface area contributed by atoms with Gasteiger partial charge in [-0.25, -0.2) is 8.42 Å².